The number of ether oxygens (including phenoxy) is 2. The van der Waals surface area contributed by atoms with Gasteiger partial charge in [-0.15, -0.1) is 0 Å². The summed E-state index contributed by atoms with van der Waals surface area (Å²) < 4.78 is 10.3. The number of aromatic nitrogens is 1. The molecule has 0 fully saturated rings. The van der Waals surface area contributed by atoms with Crippen molar-refractivity contribution in [1.29, 1.82) is 0 Å². The molecule has 1 aliphatic rings. The third-order valence-corrected chi connectivity index (χ3v) is 4.29. The topological polar surface area (TPSA) is 104 Å². The molecule has 10 heteroatoms. The first kappa shape index (κ1) is 17.5. The molecule has 2 rings (SSSR count). The van der Waals surface area contributed by atoms with Crippen LogP contribution in [0, 0.1) is 0 Å². The fourth-order valence-electron chi connectivity index (χ4n) is 2.43. The van der Waals surface area contributed by atoms with Crippen molar-refractivity contribution in [3.8, 4) is 0 Å². The lowest BCUT2D eigenvalue weighted by atomic mass is 10.0. The standard InChI is InChI=1S/C13H12BrClN2O6/c1-22-8(18)4-13(5-9(19)23-2)16-11(20)10-7(15)3-6(14)12(21)17(10)13/h3H,4-5H2,1-2H3,(H,16,20). The van der Waals surface area contributed by atoms with Gasteiger partial charge in [0.25, 0.3) is 11.5 Å². The van der Waals surface area contributed by atoms with Crippen LogP contribution in [-0.2, 0) is 24.7 Å². The molecule has 0 saturated heterocycles. The molecule has 0 aromatic carbocycles. The Hall–Kier alpha value is -1.87. The highest BCUT2D eigenvalue weighted by Gasteiger charge is 2.48. The van der Waals surface area contributed by atoms with E-state index in [1.807, 2.05) is 0 Å². The number of esters is 2. The highest BCUT2D eigenvalue weighted by molar-refractivity contribution is 9.10. The van der Waals surface area contributed by atoms with E-state index in [1.165, 1.54) is 6.07 Å². The van der Waals surface area contributed by atoms with E-state index >= 15 is 0 Å². The highest BCUT2D eigenvalue weighted by Crippen LogP contribution is 2.33. The highest BCUT2D eigenvalue weighted by atomic mass is 79.9. The summed E-state index contributed by atoms with van der Waals surface area (Å²) in [5.41, 5.74) is -2.39. The maximum atomic E-state index is 12.5. The summed E-state index contributed by atoms with van der Waals surface area (Å²) in [6.07, 6.45) is -0.881. The van der Waals surface area contributed by atoms with Gasteiger partial charge in [0, 0.05) is 0 Å². The second-order valence-electron chi connectivity index (χ2n) is 4.82. The van der Waals surface area contributed by atoms with Crippen molar-refractivity contribution in [2.75, 3.05) is 14.2 Å². The summed E-state index contributed by atoms with van der Waals surface area (Å²) in [5, 5.41) is 2.49. The second-order valence-corrected chi connectivity index (χ2v) is 6.08. The number of halogens is 2. The Morgan fingerprint density at radius 3 is 2.26 bits per heavy atom. The van der Waals surface area contributed by atoms with E-state index in [9.17, 15) is 19.2 Å². The van der Waals surface area contributed by atoms with Gasteiger partial charge in [0.15, 0.2) is 0 Å². The molecule has 2 heterocycles. The van der Waals surface area contributed by atoms with Gasteiger partial charge in [0.05, 0.1) is 36.6 Å². The lowest BCUT2D eigenvalue weighted by Gasteiger charge is -2.29. The molecule has 0 radical (unpaired) electrons. The van der Waals surface area contributed by atoms with Crippen molar-refractivity contribution in [2.24, 2.45) is 0 Å². The van der Waals surface area contributed by atoms with Crippen LogP contribution in [0.25, 0.3) is 0 Å². The Balaban J connectivity index is 2.72. The fraction of sp³-hybridized carbons (Fsp3) is 0.385. The number of methoxy groups -OCH3 is 2. The van der Waals surface area contributed by atoms with E-state index in [-0.39, 0.29) is 15.2 Å². The zero-order chi connectivity index (χ0) is 17.4. The fourth-order valence-corrected chi connectivity index (χ4v) is 3.25. The van der Waals surface area contributed by atoms with E-state index < -0.39 is 41.9 Å². The molecule has 1 N–H and O–H groups in total. The molecule has 124 valence electrons. The maximum absolute atomic E-state index is 12.5. The van der Waals surface area contributed by atoms with Crippen molar-refractivity contribution in [2.45, 2.75) is 18.5 Å². The number of rotatable bonds is 4. The van der Waals surface area contributed by atoms with Gasteiger partial charge in [-0.3, -0.25) is 23.7 Å². The number of pyridine rings is 1. The average molecular weight is 408 g/mol. The Kier molecular flexibility index (Phi) is 4.81. The smallest absolute Gasteiger partial charge is 0.309 e. The van der Waals surface area contributed by atoms with E-state index in [0.29, 0.717) is 0 Å². The van der Waals surface area contributed by atoms with E-state index in [0.717, 1.165) is 18.8 Å². The summed E-state index contributed by atoms with van der Waals surface area (Å²) in [6.45, 7) is 0. The van der Waals surface area contributed by atoms with Gasteiger partial charge in [0.2, 0.25) is 0 Å². The number of nitrogens with zero attached hydrogens (tertiary/aromatic N) is 1. The number of nitrogens with one attached hydrogen (secondary N) is 1. The van der Waals surface area contributed by atoms with Gasteiger partial charge >= 0.3 is 11.9 Å². The number of carbonyl (C=O) groups is 3. The first-order valence-corrected chi connectivity index (χ1v) is 7.50. The van der Waals surface area contributed by atoms with Crippen LogP contribution >= 0.6 is 27.5 Å². The van der Waals surface area contributed by atoms with Crippen molar-refractivity contribution in [1.82, 2.24) is 9.88 Å². The molecule has 0 bridgehead atoms. The summed E-state index contributed by atoms with van der Waals surface area (Å²) in [5.74, 6) is -2.11. The van der Waals surface area contributed by atoms with Crippen LogP contribution < -0.4 is 10.9 Å². The summed E-state index contributed by atoms with van der Waals surface area (Å²) >= 11 is 9.08. The van der Waals surface area contributed by atoms with Gasteiger partial charge in [0.1, 0.15) is 11.4 Å². The normalized spacial score (nSPS) is 14.9. The van der Waals surface area contributed by atoms with Gasteiger partial charge in [-0.25, -0.2) is 0 Å². The maximum Gasteiger partial charge on any atom is 0.309 e. The minimum absolute atomic E-state index is 0.00517. The Morgan fingerprint density at radius 2 is 1.78 bits per heavy atom. The van der Waals surface area contributed by atoms with Crippen LogP contribution in [0.15, 0.2) is 15.3 Å². The molecule has 23 heavy (non-hydrogen) atoms. The molecule has 0 aliphatic carbocycles. The minimum Gasteiger partial charge on any atom is -0.469 e. The second kappa shape index (κ2) is 6.32. The van der Waals surface area contributed by atoms with Crippen molar-refractivity contribution in [3.05, 3.63) is 31.6 Å². The van der Waals surface area contributed by atoms with Crippen molar-refractivity contribution >= 4 is 45.4 Å². The zero-order valence-electron chi connectivity index (χ0n) is 12.1. The largest absolute Gasteiger partial charge is 0.469 e. The molecule has 8 nitrogen and oxygen atoms in total. The first-order chi connectivity index (χ1) is 10.8. The summed E-state index contributed by atoms with van der Waals surface area (Å²) in [7, 11) is 2.31. The van der Waals surface area contributed by atoms with E-state index in [4.69, 9.17) is 11.6 Å². The molecule has 0 unspecified atom stereocenters. The van der Waals surface area contributed by atoms with Gasteiger partial charge in [-0.05, 0) is 22.0 Å². The Labute approximate surface area is 143 Å². The first-order valence-electron chi connectivity index (χ1n) is 6.33. The molecular weight excluding hydrogens is 396 g/mol. The van der Waals surface area contributed by atoms with Crippen LogP contribution in [0.1, 0.15) is 23.3 Å². The van der Waals surface area contributed by atoms with E-state index in [2.05, 4.69) is 30.7 Å². The SMILES string of the molecule is COC(=O)CC1(CC(=O)OC)NC(=O)c2c(Cl)cc(Br)c(=O)n21. The van der Waals surface area contributed by atoms with Crippen LogP contribution in [0.4, 0.5) is 0 Å². The molecule has 0 atom stereocenters. The van der Waals surface area contributed by atoms with E-state index in [1.54, 1.807) is 0 Å². The van der Waals surface area contributed by atoms with Crippen LogP contribution in [0.3, 0.4) is 0 Å². The van der Waals surface area contributed by atoms with Gasteiger partial charge in [-0.1, -0.05) is 11.6 Å². The molecule has 1 aliphatic heterocycles. The zero-order valence-corrected chi connectivity index (χ0v) is 14.5. The molecular formula is C13H12BrClN2O6. The average Bonchev–Trinajstić information content (AvgIpc) is 2.77. The summed E-state index contributed by atoms with van der Waals surface area (Å²) in [4.78, 5) is 48.2. The molecule has 0 spiro atoms. The molecule has 1 aromatic heterocycles. The number of hydrogen-bond donors (Lipinski definition) is 1. The van der Waals surface area contributed by atoms with Crippen LogP contribution in [0.2, 0.25) is 5.02 Å². The number of hydrogen-bond acceptors (Lipinski definition) is 6. The monoisotopic (exact) mass is 406 g/mol. The number of carbonyl (C=O) groups excluding carboxylic acids is 3. The van der Waals surface area contributed by atoms with Crippen molar-refractivity contribution in [3.63, 3.8) is 0 Å². The third kappa shape index (κ3) is 2.98. The number of amides is 1. The summed E-state index contributed by atoms with van der Waals surface area (Å²) in [6, 6.07) is 1.28. The Morgan fingerprint density at radius 1 is 1.26 bits per heavy atom. The predicted molar refractivity (Wildman–Crippen MR) is 82.1 cm³/mol. The molecule has 0 saturated carbocycles. The van der Waals surface area contributed by atoms with Gasteiger partial charge in [-0.2, -0.15) is 0 Å². The van der Waals surface area contributed by atoms with Gasteiger partial charge < -0.3 is 14.8 Å². The third-order valence-electron chi connectivity index (χ3n) is 3.43. The molecule has 1 aromatic rings. The lowest BCUT2D eigenvalue weighted by molar-refractivity contribution is -0.147. The molecule has 1 amide bonds. The van der Waals surface area contributed by atoms with Crippen LogP contribution in [0.5, 0.6) is 0 Å². The van der Waals surface area contributed by atoms with Crippen LogP contribution in [-0.4, -0.2) is 36.6 Å². The van der Waals surface area contributed by atoms with Crippen molar-refractivity contribution < 1.29 is 23.9 Å². The minimum atomic E-state index is -1.64. The predicted octanol–water partition coefficient (Wildman–Crippen LogP) is 0.787. The lowest BCUT2D eigenvalue weighted by Crippen LogP contribution is -2.50. The quantitative estimate of drug-likeness (QED) is 0.740. The number of fused-ring (bicyclic) bond motifs is 1. The Bertz CT molecular complexity index is 742.